The van der Waals surface area contributed by atoms with Gasteiger partial charge in [-0.25, -0.2) is 0 Å². The van der Waals surface area contributed by atoms with E-state index in [9.17, 15) is 0 Å². The summed E-state index contributed by atoms with van der Waals surface area (Å²) in [7, 11) is 3.55. The Morgan fingerprint density at radius 3 is 2.55 bits per heavy atom. The van der Waals surface area contributed by atoms with Crippen molar-refractivity contribution in [3.8, 4) is 11.5 Å². The van der Waals surface area contributed by atoms with Crippen LogP contribution in [0, 0.1) is 0 Å². The highest BCUT2D eigenvalue weighted by Gasteiger charge is 2.24. The van der Waals surface area contributed by atoms with E-state index in [1.165, 1.54) is 12.8 Å². The molecule has 3 aliphatic rings. The van der Waals surface area contributed by atoms with Crippen LogP contribution in [-0.2, 0) is 16.0 Å². The zero-order valence-electron chi connectivity index (χ0n) is 20.1. The molecule has 3 fully saturated rings. The number of piperidine rings is 1. The lowest BCUT2D eigenvalue weighted by molar-refractivity contribution is -0.0367. The molecule has 8 heteroatoms. The predicted molar refractivity (Wildman–Crippen MR) is 141 cm³/mol. The summed E-state index contributed by atoms with van der Waals surface area (Å²) in [5.74, 6) is 2.68. The van der Waals surface area contributed by atoms with Gasteiger partial charge in [-0.2, -0.15) is 0 Å². The fraction of sp³-hybridized carbons (Fsp3) is 0.720. The predicted octanol–water partition coefficient (Wildman–Crippen LogP) is 4.37. The topological polar surface area (TPSA) is 64.6 Å². The number of rotatable bonds is 8. The SMILES string of the molecule is CN=C(NCc1ccc(OC)cc1OC1CCCC1)N1CCC(OCC2CCCO2)CC1.I. The van der Waals surface area contributed by atoms with E-state index in [0.717, 1.165) is 87.9 Å². The normalized spacial score (nSPS) is 22.3. The van der Waals surface area contributed by atoms with Crippen LogP contribution < -0.4 is 14.8 Å². The number of nitrogens with one attached hydrogen (secondary N) is 1. The number of likely N-dealkylation sites (tertiary alicyclic amines) is 1. The Bertz CT molecular complexity index is 743. The molecule has 2 saturated heterocycles. The van der Waals surface area contributed by atoms with Crippen molar-refractivity contribution in [1.82, 2.24) is 10.2 Å². The third-order valence-electron chi connectivity index (χ3n) is 6.80. The van der Waals surface area contributed by atoms with Gasteiger partial charge in [-0.1, -0.05) is 0 Å². The Balaban J connectivity index is 0.00000306. The summed E-state index contributed by atoms with van der Waals surface area (Å²) >= 11 is 0. The number of benzene rings is 1. The van der Waals surface area contributed by atoms with E-state index in [-0.39, 0.29) is 24.0 Å². The molecule has 0 radical (unpaired) electrons. The first-order valence-corrected chi connectivity index (χ1v) is 12.3. The first-order chi connectivity index (χ1) is 15.7. The molecular weight excluding hydrogens is 533 g/mol. The van der Waals surface area contributed by atoms with Gasteiger partial charge in [0, 0.05) is 44.9 Å². The monoisotopic (exact) mass is 573 g/mol. The second-order valence-corrected chi connectivity index (χ2v) is 9.05. The van der Waals surface area contributed by atoms with Crippen molar-refractivity contribution in [2.75, 3.05) is 40.5 Å². The van der Waals surface area contributed by atoms with Gasteiger partial charge in [0.1, 0.15) is 11.5 Å². The largest absolute Gasteiger partial charge is 0.497 e. The molecule has 1 saturated carbocycles. The third kappa shape index (κ3) is 7.62. The van der Waals surface area contributed by atoms with Gasteiger partial charge in [-0.05, 0) is 63.5 Å². The van der Waals surface area contributed by atoms with Crippen LogP contribution in [0.25, 0.3) is 0 Å². The molecule has 0 amide bonds. The van der Waals surface area contributed by atoms with Crippen molar-refractivity contribution < 1.29 is 18.9 Å². The average Bonchev–Trinajstić information content (AvgIpc) is 3.54. The van der Waals surface area contributed by atoms with Crippen molar-refractivity contribution in [2.24, 2.45) is 4.99 Å². The number of nitrogens with zero attached hydrogens (tertiary/aromatic N) is 2. The first-order valence-electron chi connectivity index (χ1n) is 12.3. The van der Waals surface area contributed by atoms with Gasteiger partial charge in [0.05, 0.1) is 32.0 Å². The van der Waals surface area contributed by atoms with Crippen LogP contribution in [-0.4, -0.2) is 69.6 Å². The molecule has 0 aromatic heterocycles. The molecule has 4 rings (SSSR count). The quantitative estimate of drug-likeness (QED) is 0.283. The van der Waals surface area contributed by atoms with Gasteiger partial charge in [-0.3, -0.25) is 4.99 Å². The number of hydrogen-bond donors (Lipinski definition) is 1. The lowest BCUT2D eigenvalue weighted by Crippen LogP contribution is -2.47. The second-order valence-electron chi connectivity index (χ2n) is 9.05. The van der Waals surface area contributed by atoms with Gasteiger partial charge in [0.25, 0.3) is 0 Å². The summed E-state index contributed by atoms with van der Waals surface area (Å²) in [6.07, 6.45) is 10.0. The fourth-order valence-electron chi connectivity index (χ4n) is 4.86. The highest BCUT2D eigenvalue weighted by atomic mass is 127. The number of guanidine groups is 1. The molecule has 2 aliphatic heterocycles. The summed E-state index contributed by atoms with van der Waals surface area (Å²) in [5.41, 5.74) is 1.13. The fourth-order valence-corrected chi connectivity index (χ4v) is 4.86. The van der Waals surface area contributed by atoms with Crippen molar-refractivity contribution in [2.45, 2.75) is 76.2 Å². The Kier molecular flexibility index (Phi) is 10.8. The minimum absolute atomic E-state index is 0. The number of methoxy groups -OCH3 is 1. The molecule has 1 unspecified atom stereocenters. The summed E-state index contributed by atoms with van der Waals surface area (Å²) in [6, 6.07) is 6.10. The molecule has 1 aromatic carbocycles. The van der Waals surface area contributed by atoms with Gasteiger partial charge < -0.3 is 29.2 Å². The highest BCUT2D eigenvalue weighted by molar-refractivity contribution is 14.0. The Labute approximate surface area is 215 Å². The Morgan fingerprint density at radius 1 is 1.09 bits per heavy atom. The van der Waals surface area contributed by atoms with Crippen LogP contribution in [0.5, 0.6) is 11.5 Å². The number of hydrogen-bond acceptors (Lipinski definition) is 5. The minimum atomic E-state index is 0. The lowest BCUT2D eigenvalue weighted by atomic mass is 10.1. The smallest absolute Gasteiger partial charge is 0.193 e. The van der Waals surface area contributed by atoms with Crippen molar-refractivity contribution >= 4 is 29.9 Å². The maximum absolute atomic E-state index is 6.34. The van der Waals surface area contributed by atoms with Crippen LogP contribution in [0.3, 0.4) is 0 Å². The van der Waals surface area contributed by atoms with Gasteiger partial charge >= 0.3 is 0 Å². The van der Waals surface area contributed by atoms with Crippen molar-refractivity contribution in [3.05, 3.63) is 23.8 Å². The minimum Gasteiger partial charge on any atom is -0.497 e. The van der Waals surface area contributed by atoms with Crippen molar-refractivity contribution in [1.29, 1.82) is 0 Å². The molecule has 1 N–H and O–H groups in total. The summed E-state index contributed by atoms with van der Waals surface area (Å²) < 4.78 is 23.6. The number of aliphatic imine (C=N–C) groups is 1. The maximum atomic E-state index is 6.34. The van der Waals surface area contributed by atoms with E-state index in [4.69, 9.17) is 18.9 Å². The molecule has 7 nitrogen and oxygen atoms in total. The van der Waals surface area contributed by atoms with E-state index >= 15 is 0 Å². The van der Waals surface area contributed by atoms with E-state index < -0.39 is 0 Å². The van der Waals surface area contributed by atoms with Gasteiger partial charge in [-0.15, -0.1) is 24.0 Å². The van der Waals surface area contributed by atoms with Crippen LogP contribution in [0.4, 0.5) is 0 Å². The molecule has 1 aromatic rings. The van der Waals surface area contributed by atoms with Crippen LogP contribution in [0.1, 0.15) is 56.9 Å². The van der Waals surface area contributed by atoms with Crippen molar-refractivity contribution in [3.63, 3.8) is 0 Å². The summed E-state index contributed by atoms with van der Waals surface area (Å²) in [5, 5.41) is 3.54. The highest BCUT2D eigenvalue weighted by Crippen LogP contribution is 2.30. The molecular formula is C25H40IN3O4. The average molecular weight is 574 g/mol. The molecule has 2 heterocycles. The summed E-state index contributed by atoms with van der Waals surface area (Å²) in [4.78, 5) is 6.86. The maximum Gasteiger partial charge on any atom is 0.193 e. The zero-order valence-corrected chi connectivity index (χ0v) is 22.4. The Morgan fingerprint density at radius 2 is 1.88 bits per heavy atom. The molecule has 186 valence electrons. The molecule has 1 aliphatic carbocycles. The number of ether oxygens (including phenoxy) is 4. The van der Waals surface area contributed by atoms with E-state index in [2.05, 4.69) is 21.3 Å². The molecule has 1 atom stereocenters. The summed E-state index contributed by atoms with van der Waals surface area (Å²) in [6.45, 7) is 4.19. The van der Waals surface area contributed by atoms with E-state index in [1.54, 1.807) is 7.11 Å². The van der Waals surface area contributed by atoms with Gasteiger partial charge in [0.15, 0.2) is 5.96 Å². The molecule has 0 bridgehead atoms. The van der Waals surface area contributed by atoms with E-state index in [0.29, 0.717) is 24.9 Å². The number of halogens is 1. The third-order valence-corrected chi connectivity index (χ3v) is 6.80. The van der Waals surface area contributed by atoms with Crippen LogP contribution >= 0.6 is 24.0 Å². The van der Waals surface area contributed by atoms with Crippen LogP contribution in [0.2, 0.25) is 0 Å². The molecule has 0 spiro atoms. The van der Waals surface area contributed by atoms with Crippen LogP contribution in [0.15, 0.2) is 23.2 Å². The van der Waals surface area contributed by atoms with E-state index in [1.807, 2.05) is 19.2 Å². The zero-order chi connectivity index (χ0) is 22.2. The standard InChI is InChI=1S/C25H39N3O4.HI/c1-26-25(28-13-11-20(12-14-28)31-18-23-8-5-15-30-23)27-17-19-9-10-22(29-2)16-24(19)32-21-6-3-4-7-21;/h9-10,16,20-21,23H,3-8,11-15,17-18H2,1-2H3,(H,26,27);1H. The Hall–Kier alpha value is -1.26. The second kappa shape index (κ2) is 13.6. The lowest BCUT2D eigenvalue weighted by Gasteiger charge is -2.34. The first kappa shape index (κ1) is 26.3. The molecule has 33 heavy (non-hydrogen) atoms. The van der Waals surface area contributed by atoms with Gasteiger partial charge in [0.2, 0.25) is 0 Å².